The lowest BCUT2D eigenvalue weighted by atomic mass is 10.1. The van der Waals surface area contributed by atoms with Crippen LogP contribution in [-0.4, -0.2) is 26.2 Å². The van der Waals surface area contributed by atoms with Gasteiger partial charge in [-0.1, -0.05) is 0 Å². The third-order valence-electron chi connectivity index (χ3n) is 4.51. The van der Waals surface area contributed by atoms with E-state index in [9.17, 15) is 4.79 Å². The Morgan fingerprint density at radius 1 is 1.00 bits per heavy atom. The van der Waals surface area contributed by atoms with E-state index in [2.05, 4.69) is 5.32 Å². The molecule has 3 N–H and O–H groups in total. The average Bonchev–Trinajstić information content (AvgIpc) is 3.15. The second kappa shape index (κ2) is 9.37. The molecule has 1 aliphatic carbocycles. The van der Waals surface area contributed by atoms with Crippen LogP contribution in [0.4, 0.5) is 11.4 Å². The van der Waals surface area contributed by atoms with E-state index in [1.54, 1.807) is 50.6 Å². The van der Waals surface area contributed by atoms with Crippen molar-refractivity contribution in [1.82, 2.24) is 0 Å². The van der Waals surface area contributed by atoms with Gasteiger partial charge in [0.1, 0.15) is 5.75 Å². The molecule has 0 heterocycles. The number of halogens is 1. The molecule has 2 aromatic carbocycles. The summed E-state index contributed by atoms with van der Waals surface area (Å²) >= 11 is 0. The minimum atomic E-state index is -0.250. The third-order valence-corrected chi connectivity index (χ3v) is 4.51. The van der Waals surface area contributed by atoms with Crippen molar-refractivity contribution in [3.63, 3.8) is 0 Å². The minimum Gasteiger partial charge on any atom is -0.495 e. The summed E-state index contributed by atoms with van der Waals surface area (Å²) in [6, 6.07) is 10.3. The molecule has 0 bridgehead atoms. The van der Waals surface area contributed by atoms with Crippen molar-refractivity contribution < 1.29 is 19.0 Å². The predicted octanol–water partition coefficient (Wildman–Crippen LogP) is 4.28. The van der Waals surface area contributed by atoms with Gasteiger partial charge in [-0.25, -0.2) is 0 Å². The molecule has 0 aromatic heterocycles. The maximum Gasteiger partial charge on any atom is 0.255 e. The van der Waals surface area contributed by atoms with Crippen LogP contribution in [0.2, 0.25) is 0 Å². The van der Waals surface area contributed by atoms with Gasteiger partial charge in [0, 0.05) is 11.3 Å². The molecule has 6 nitrogen and oxygen atoms in total. The van der Waals surface area contributed by atoms with Gasteiger partial charge in [0.05, 0.1) is 26.0 Å². The monoisotopic (exact) mass is 392 g/mol. The summed E-state index contributed by atoms with van der Waals surface area (Å²) in [6.45, 7) is 0. The van der Waals surface area contributed by atoms with Crippen molar-refractivity contribution in [3.05, 3.63) is 42.0 Å². The van der Waals surface area contributed by atoms with Crippen molar-refractivity contribution in [2.24, 2.45) is 0 Å². The Balaban J connectivity index is 0.00000261. The van der Waals surface area contributed by atoms with Gasteiger partial charge >= 0.3 is 0 Å². The molecule has 2 aromatic rings. The van der Waals surface area contributed by atoms with Crippen molar-refractivity contribution in [3.8, 4) is 17.2 Å². The highest BCUT2D eigenvalue weighted by atomic mass is 35.5. The fourth-order valence-electron chi connectivity index (χ4n) is 3.11. The first-order valence-corrected chi connectivity index (χ1v) is 8.70. The molecule has 0 radical (unpaired) electrons. The number of benzene rings is 2. The second-order valence-electron chi connectivity index (χ2n) is 6.30. The Labute approximate surface area is 165 Å². The lowest BCUT2D eigenvalue weighted by molar-refractivity contribution is 0.102. The molecule has 1 aliphatic rings. The normalized spacial score (nSPS) is 13.6. The molecule has 0 spiro atoms. The molecule has 0 unspecified atom stereocenters. The summed E-state index contributed by atoms with van der Waals surface area (Å²) in [7, 11) is 3.12. The number of nitrogens with two attached hydrogens (primary N) is 1. The summed E-state index contributed by atoms with van der Waals surface area (Å²) in [4.78, 5) is 12.5. The van der Waals surface area contributed by atoms with Gasteiger partial charge in [-0.3, -0.25) is 4.79 Å². The van der Waals surface area contributed by atoms with Gasteiger partial charge in [-0.2, -0.15) is 0 Å². The minimum absolute atomic E-state index is 0. The lowest BCUT2D eigenvalue weighted by Crippen LogP contribution is -2.14. The van der Waals surface area contributed by atoms with Gasteiger partial charge in [-0.05, 0) is 62.1 Å². The summed E-state index contributed by atoms with van der Waals surface area (Å²) in [6.07, 6.45) is 4.73. The number of hydrogen-bond donors (Lipinski definition) is 2. The van der Waals surface area contributed by atoms with Crippen LogP contribution < -0.4 is 25.3 Å². The van der Waals surface area contributed by atoms with Crippen LogP contribution in [0.1, 0.15) is 36.0 Å². The van der Waals surface area contributed by atoms with Crippen LogP contribution in [0.15, 0.2) is 36.4 Å². The number of rotatable bonds is 6. The fourth-order valence-corrected chi connectivity index (χ4v) is 3.11. The van der Waals surface area contributed by atoms with E-state index in [1.807, 2.05) is 0 Å². The van der Waals surface area contributed by atoms with Gasteiger partial charge < -0.3 is 25.3 Å². The molecule has 27 heavy (non-hydrogen) atoms. The van der Waals surface area contributed by atoms with Crippen LogP contribution in [0, 0.1) is 0 Å². The Morgan fingerprint density at radius 2 is 1.67 bits per heavy atom. The van der Waals surface area contributed by atoms with E-state index in [-0.39, 0.29) is 24.4 Å². The molecule has 1 saturated carbocycles. The number of carbonyl (C=O) groups excluding carboxylic acids is 1. The van der Waals surface area contributed by atoms with Gasteiger partial charge in [-0.15, -0.1) is 12.4 Å². The van der Waals surface area contributed by atoms with E-state index < -0.39 is 0 Å². The quantitative estimate of drug-likeness (QED) is 0.717. The Bertz CT molecular complexity index is 792. The smallest absolute Gasteiger partial charge is 0.255 e. The highest BCUT2D eigenvalue weighted by molar-refractivity contribution is 6.05. The van der Waals surface area contributed by atoms with Crippen molar-refractivity contribution in [2.75, 3.05) is 25.3 Å². The fraction of sp³-hybridized carbons (Fsp3) is 0.350. The van der Waals surface area contributed by atoms with Crippen molar-refractivity contribution in [2.45, 2.75) is 31.8 Å². The summed E-state index contributed by atoms with van der Waals surface area (Å²) in [5, 5.41) is 2.82. The van der Waals surface area contributed by atoms with Crippen LogP contribution in [0.25, 0.3) is 0 Å². The second-order valence-corrected chi connectivity index (χ2v) is 6.30. The largest absolute Gasteiger partial charge is 0.495 e. The first-order valence-electron chi connectivity index (χ1n) is 8.70. The first-order chi connectivity index (χ1) is 12.6. The number of nitrogens with one attached hydrogen (secondary N) is 1. The maximum atomic E-state index is 12.5. The van der Waals surface area contributed by atoms with Crippen LogP contribution >= 0.6 is 12.4 Å². The molecular weight excluding hydrogens is 368 g/mol. The van der Waals surface area contributed by atoms with Gasteiger partial charge in [0.15, 0.2) is 11.5 Å². The zero-order valence-corrected chi connectivity index (χ0v) is 16.3. The predicted molar refractivity (Wildman–Crippen MR) is 108 cm³/mol. The van der Waals surface area contributed by atoms with E-state index in [1.165, 1.54) is 12.8 Å². The first kappa shape index (κ1) is 20.7. The SMILES string of the molecule is COc1ccc(NC(=O)c2ccc(OC3CCCC3)c(OC)c2)cc1N.Cl. The van der Waals surface area contributed by atoms with Gasteiger partial charge in [0.2, 0.25) is 0 Å². The van der Waals surface area contributed by atoms with Gasteiger partial charge in [0.25, 0.3) is 5.91 Å². The molecule has 0 saturated heterocycles. The standard InChI is InChI=1S/C20H24N2O4.ClH/c1-24-17-10-8-14(12-16(17)21)22-20(23)13-7-9-18(19(11-13)25-2)26-15-5-3-4-6-15;/h7-12,15H,3-6,21H2,1-2H3,(H,22,23);1H. The molecular formula is C20H25ClN2O4. The average molecular weight is 393 g/mol. The molecule has 7 heteroatoms. The third kappa shape index (κ3) is 4.98. The molecule has 3 rings (SSSR count). The van der Waals surface area contributed by atoms with Crippen LogP contribution in [0.3, 0.4) is 0 Å². The Morgan fingerprint density at radius 3 is 2.30 bits per heavy atom. The van der Waals surface area contributed by atoms with Crippen molar-refractivity contribution >= 4 is 29.7 Å². The van der Waals surface area contributed by atoms with Crippen LogP contribution in [0.5, 0.6) is 17.2 Å². The van der Waals surface area contributed by atoms with E-state index in [0.717, 1.165) is 12.8 Å². The van der Waals surface area contributed by atoms with E-state index in [4.69, 9.17) is 19.9 Å². The Hall–Kier alpha value is -2.60. The lowest BCUT2D eigenvalue weighted by Gasteiger charge is -2.16. The number of ether oxygens (including phenoxy) is 3. The summed E-state index contributed by atoms with van der Waals surface area (Å²) in [5.41, 5.74) is 7.42. The number of hydrogen-bond acceptors (Lipinski definition) is 5. The number of anilines is 2. The highest BCUT2D eigenvalue weighted by Gasteiger charge is 2.19. The number of nitrogen functional groups attached to an aromatic ring is 1. The highest BCUT2D eigenvalue weighted by Crippen LogP contribution is 2.32. The number of methoxy groups -OCH3 is 2. The zero-order valence-electron chi connectivity index (χ0n) is 15.5. The number of carbonyl (C=O) groups is 1. The summed E-state index contributed by atoms with van der Waals surface area (Å²) < 4.78 is 16.5. The molecule has 0 atom stereocenters. The Kier molecular flexibility index (Phi) is 7.19. The molecule has 1 fully saturated rings. The van der Waals surface area contributed by atoms with E-state index in [0.29, 0.717) is 34.2 Å². The maximum absolute atomic E-state index is 12.5. The number of amides is 1. The molecule has 1 amide bonds. The molecule has 146 valence electrons. The summed E-state index contributed by atoms with van der Waals surface area (Å²) in [5.74, 6) is 1.54. The topological polar surface area (TPSA) is 82.8 Å². The molecule has 0 aliphatic heterocycles. The zero-order chi connectivity index (χ0) is 18.5. The van der Waals surface area contributed by atoms with E-state index >= 15 is 0 Å². The van der Waals surface area contributed by atoms with Crippen LogP contribution in [-0.2, 0) is 0 Å². The van der Waals surface area contributed by atoms with Crippen molar-refractivity contribution in [1.29, 1.82) is 0 Å².